The summed E-state index contributed by atoms with van der Waals surface area (Å²) in [5.74, 6) is 1.42. The summed E-state index contributed by atoms with van der Waals surface area (Å²) in [5, 5.41) is 0. The Morgan fingerprint density at radius 1 is 0.842 bits per heavy atom. The molecule has 0 aliphatic heterocycles. The Balaban J connectivity index is 5.26. The van der Waals surface area contributed by atoms with Crippen LogP contribution in [-0.4, -0.2) is 5.71 Å². The van der Waals surface area contributed by atoms with Gasteiger partial charge in [0.1, 0.15) is 0 Å². The smallest absolute Gasteiger partial charge is 0.0431 e. The minimum Gasteiger partial charge on any atom is -0.262 e. The Hall–Kier alpha value is -1.11. The van der Waals surface area contributed by atoms with E-state index in [1.807, 2.05) is 0 Å². The van der Waals surface area contributed by atoms with Crippen molar-refractivity contribution in [1.29, 1.82) is 0 Å². The van der Waals surface area contributed by atoms with Gasteiger partial charge in [0.15, 0.2) is 0 Å². The lowest BCUT2D eigenvalue weighted by Gasteiger charge is -2.11. The predicted octanol–water partition coefficient (Wildman–Crippen LogP) is 5.80. The fourth-order valence-corrected chi connectivity index (χ4v) is 1.39. The Morgan fingerprint density at radius 3 is 1.74 bits per heavy atom. The van der Waals surface area contributed by atoms with Gasteiger partial charge >= 0.3 is 0 Å². The van der Waals surface area contributed by atoms with Crippen molar-refractivity contribution in [2.75, 3.05) is 0 Å². The summed E-state index contributed by atoms with van der Waals surface area (Å²) in [6.45, 7) is 21.4. The summed E-state index contributed by atoms with van der Waals surface area (Å²) in [5.41, 5.74) is 4.73. The van der Waals surface area contributed by atoms with Crippen LogP contribution in [0, 0.1) is 17.8 Å². The number of aliphatic imine (C=N–C) groups is 1. The fraction of sp³-hybridized carbons (Fsp3) is 0.611. The summed E-state index contributed by atoms with van der Waals surface area (Å²) in [6, 6.07) is 0. The zero-order chi connectivity index (χ0) is 15.2. The first kappa shape index (κ1) is 17.9. The molecule has 19 heavy (non-hydrogen) atoms. The molecule has 1 nitrogen and oxygen atoms in total. The molecule has 0 heterocycles. The molecule has 0 amide bonds. The number of rotatable bonds is 6. The molecule has 0 saturated carbocycles. The van der Waals surface area contributed by atoms with Crippen molar-refractivity contribution in [3.63, 3.8) is 0 Å². The molecule has 0 aromatic rings. The average Bonchev–Trinajstić information content (AvgIpc) is 2.27. The zero-order valence-corrected chi connectivity index (χ0v) is 14.0. The highest BCUT2D eigenvalue weighted by Gasteiger charge is 2.05. The van der Waals surface area contributed by atoms with Crippen LogP contribution in [0.1, 0.15) is 55.4 Å². The molecule has 0 aromatic carbocycles. The number of allylic oxidation sites excluding steroid dienone is 5. The van der Waals surface area contributed by atoms with Crippen LogP contribution in [0.3, 0.4) is 0 Å². The minimum absolute atomic E-state index is 0.435. The second kappa shape index (κ2) is 8.14. The van der Waals surface area contributed by atoms with Crippen LogP contribution in [0.15, 0.2) is 40.6 Å². The SMILES string of the molecule is C=C(/C=C(C)/C=C(\N=C(/C)C(C)C)C(C)C)C(C)C. The summed E-state index contributed by atoms with van der Waals surface area (Å²) < 4.78 is 0. The van der Waals surface area contributed by atoms with Gasteiger partial charge in [0.25, 0.3) is 0 Å². The van der Waals surface area contributed by atoms with E-state index < -0.39 is 0 Å². The van der Waals surface area contributed by atoms with Gasteiger partial charge in [-0.3, -0.25) is 4.99 Å². The third-order valence-electron chi connectivity index (χ3n) is 3.26. The third kappa shape index (κ3) is 7.15. The Labute approximate surface area is 120 Å². The lowest BCUT2D eigenvalue weighted by atomic mass is 10.0. The van der Waals surface area contributed by atoms with Crippen LogP contribution in [0.5, 0.6) is 0 Å². The molecule has 108 valence electrons. The average molecular weight is 261 g/mol. The highest BCUT2D eigenvalue weighted by Crippen LogP contribution is 2.18. The molecule has 0 N–H and O–H groups in total. The van der Waals surface area contributed by atoms with E-state index in [1.54, 1.807) is 0 Å². The number of nitrogens with zero attached hydrogens (tertiary/aromatic N) is 1. The van der Waals surface area contributed by atoms with Crippen molar-refractivity contribution < 1.29 is 0 Å². The van der Waals surface area contributed by atoms with E-state index in [1.165, 1.54) is 16.9 Å². The lowest BCUT2D eigenvalue weighted by molar-refractivity contribution is 0.749. The standard InChI is InChI=1S/C18H31N/c1-12(2)16(8)10-15(7)11-18(14(5)6)19-17(9)13(3)4/h10-14H,8H2,1-7,9H3/b15-10+,18-11-,19-17+. The van der Waals surface area contributed by atoms with E-state index in [2.05, 4.69) is 74.1 Å². The fourth-order valence-electron chi connectivity index (χ4n) is 1.39. The second-order valence-corrected chi connectivity index (χ2v) is 6.25. The predicted molar refractivity (Wildman–Crippen MR) is 88.6 cm³/mol. The van der Waals surface area contributed by atoms with Crippen molar-refractivity contribution in [2.45, 2.75) is 55.4 Å². The Morgan fingerprint density at radius 2 is 1.37 bits per heavy atom. The molecular formula is C18H31N. The van der Waals surface area contributed by atoms with Crippen molar-refractivity contribution in [3.05, 3.63) is 35.6 Å². The first-order valence-electron chi connectivity index (χ1n) is 7.29. The van der Waals surface area contributed by atoms with Crippen LogP contribution >= 0.6 is 0 Å². The van der Waals surface area contributed by atoms with E-state index in [4.69, 9.17) is 4.99 Å². The maximum absolute atomic E-state index is 4.77. The maximum atomic E-state index is 4.77. The monoisotopic (exact) mass is 261 g/mol. The summed E-state index contributed by atoms with van der Waals surface area (Å²) in [7, 11) is 0. The molecular weight excluding hydrogens is 230 g/mol. The van der Waals surface area contributed by atoms with Crippen LogP contribution in [0.4, 0.5) is 0 Å². The maximum Gasteiger partial charge on any atom is 0.0431 e. The van der Waals surface area contributed by atoms with Crippen molar-refractivity contribution in [2.24, 2.45) is 22.7 Å². The summed E-state index contributed by atoms with van der Waals surface area (Å²) in [6.07, 6.45) is 4.34. The second-order valence-electron chi connectivity index (χ2n) is 6.25. The normalized spacial score (nSPS) is 14.8. The van der Waals surface area contributed by atoms with Crippen LogP contribution in [0.2, 0.25) is 0 Å². The first-order valence-corrected chi connectivity index (χ1v) is 7.29. The van der Waals surface area contributed by atoms with Gasteiger partial charge in [-0.25, -0.2) is 0 Å². The molecule has 0 bridgehead atoms. The van der Waals surface area contributed by atoms with Gasteiger partial charge in [0.2, 0.25) is 0 Å². The molecule has 0 unspecified atom stereocenters. The molecule has 0 radical (unpaired) electrons. The van der Waals surface area contributed by atoms with Crippen molar-refractivity contribution in [1.82, 2.24) is 0 Å². The van der Waals surface area contributed by atoms with Gasteiger partial charge < -0.3 is 0 Å². The summed E-state index contributed by atoms with van der Waals surface area (Å²) in [4.78, 5) is 4.77. The number of hydrogen-bond acceptors (Lipinski definition) is 1. The van der Waals surface area contributed by atoms with E-state index in [9.17, 15) is 0 Å². The van der Waals surface area contributed by atoms with E-state index >= 15 is 0 Å². The largest absolute Gasteiger partial charge is 0.262 e. The summed E-state index contributed by atoms with van der Waals surface area (Å²) >= 11 is 0. The van der Waals surface area contributed by atoms with Gasteiger partial charge in [-0.05, 0) is 43.3 Å². The van der Waals surface area contributed by atoms with Crippen LogP contribution in [0.25, 0.3) is 0 Å². The molecule has 0 rings (SSSR count). The van der Waals surface area contributed by atoms with E-state index in [-0.39, 0.29) is 0 Å². The van der Waals surface area contributed by atoms with Gasteiger partial charge in [-0.2, -0.15) is 0 Å². The zero-order valence-electron chi connectivity index (χ0n) is 14.0. The molecule has 0 aliphatic carbocycles. The molecule has 1 heteroatoms. The van der Waals surface area contributed by atoms with E-state index in [0.29, 0.717) is 17.8 Å². The van der Waals surface area contributed by atoms with E-state index in [0.717, 1.165) is 5.70 Å². The van der Waals surface area contributed by atoms with Crippen LogP contribution < -0.4 is 0 Å². The topological polar surface area (TPSA) is 12.4 Å². The Kier molecular flexibility index (Phi) is 7.66. The first-order chi connectivity index (χ1) is 8.65. The molecule has 0 fully saturated rings. The van der Waals surface area contributed by atoms with Crippen molar-refractivity contribution in [3.8, 4) is 0 Å². The Bertz CT molecular complexity index is 390. The molecule has 0 saturated heterocycles. The third-order valence-corrected chi connectivity index (χ3v) is 3.26. The lowest BCUT2D eigenvalue weighted by Crippen LogP contribution is -2.04. The van der Waals surface area contributed by atoms with Gasteiger partial charge in [0, 0.05) is 11.4 Å². The molecule has 0 atom stereocenters. The molecule has 0 aromatic heterocycles. The van der Waals surface area contributed by atoms with Crippen LogP contribution in [-0.2, 0) is 0 Å². The molecule has 0 aliphatic rings. The van der Waals surface area contributed by atoms with Gasteiger partial charge in [-0.15, -0.1) is 0 Å². The van der Waals surface area contributed by atoms with Crippen molar-refractivity contribution >= 4 is 5.71 Å². The minimum atomic E-state index is 0.435. The van der Waals surface area contributed by atoms with Gasteiger partial charge in [-0.1, -0.05) is 59.8 Å². The quantitative estimate of drug-likeness (QED) is 0.423. The number of hydrogen-bond donors (Lipinski definition) is 0. The van der Waals surface area contributed by atoms with Gasteiger partial charge in [0.05, 0.1) is 0 Å². The highest BCUT2D eigenvalue weighted by atomic mass is 14.8. The molecule has 0 spiro atoms. The highest BCUT2D eigenvalue weighted by molar-refractivity contribution is 5.84.